The molecule has 0 atom stereocenters. The van der Waals surface area contributed by atoms with E-state index in [1.807, 2.05) is 43.3 Å². The molecule has 0 aliphatic heterocycles. The van der Waals surface area contributed by atoms with Gasteiger partial charge in [0.05, 0.1) is 0 Å². The van der Waals surface area contributed by atoms with E-state index in [1.54, 1.807) is 12.2 Å². The van der Waals surface area contributed by atoms with Gasteiger partial charge >= 0.3 is 0 Å². The Morgan fingerprint density at radius 1 is 1.20 bits per heavy atom. The number of nitrogens with zero attached hydrogens (tertiary/aromatic N) is 3. The number of rotatable bonds is 5. The Balaban J connectivity index is 3.28. The molecule has 1 rings (SSSR count). The maximum absolute atomic E-state index is 4.49. The highest BCUT2D eigenvalue weighted by atomic mass is 15.0. The van der Waals surface area contributed by atoms with Gasteiger partial charge in [-0.2, -0.15) is 0 Å². The van der Waals surface area contributed by atoms with Gasteiger partial charge in [-0.05, 0) is 13.6 Å². The summed E-state index contributed by atoms with van der Waals surface area (Å²) in [5, 5.41) is 0. The highest BCUT2D eigenvalue weighted by Crippen LogP contribution is 2.08. The number of allylic oxidation sites excluding steroid dienone is 2. The van der Waals surface area contributed by atoms with Crippen molar-refractivity contribution in [1.29, 1.82) is 0 Å². The van der Waals surface area contributed by atoms with Crippen LogP contribution in [0, 0.1) is 0 Å². The molecule has 3 heteroatoms. The Bertz CT molecular complexity index is 563. The Kier molecular flexibility index (Phi) is 6.62. The SMILES string of the molecule is C=C/C=C(\C=C)C(=NCC)N=C(N=C)c1ccccc1. The third-order valence-electron chi connectivity index (χ3n) is 2.48. The molecule has 20 heavy (non-hydrogen) atoms. The van der Waals surface area contributed by atoms with Gasteiger partial charge in [0.15, 0.2) is 11.7 Å². The summed E-state index contributed by atoms with van der Waals surface area (Å²) in [6.45, 7) is 13.6. The first-order valence-corrected chi connectivity index (χ1v) is 6.37. The first kappa shape index (κ1) is 15.5. The molecule has 0 spiro atoms. The molecule has 0 aliphatic carbocycles. The topological polar surface area (TPSA) is 37.1 Å². The van der Waals surface area contributed by atoms with Crippen molar-refractivity contribution in [2.45, 2.75) is 6.92 Å². The van der Waals surface area contributed by atoms with E-state index in [2.05, 4.69) is 34.9 Å². The van der Waals surface area contributed by atoms with Gasteiger partial charge in [0, 0.05) is 17.7 Å². The van der Waals surface area contributed by atoms with Crippen LogP contribution in [0.3, 0.4) is 0 Å². The van der Waals surface area contributed by atoms with Crippen LogP contribution in [0.25, 0.3) is 0 Å². The molecule has 1 aromatic carbocycles. The lowest BCUT2D eigenvalue weighted by atomic mass is 10.2. The number of amidine groups is 2. The van der Waals surface area contributed by atoms with Crippen LogP contribution in [0.5, 0.6) is 0 Å². The average Bonchev–Trinajstić information content (AvgIpc) is 2.50. The zero-order valence-corrected chi connectivity index (χ0v) is 11.8. The van der Waals surface area contributed by atoms with Gasteiger partial charge in [0.2, 0.25) is 0 Å². The molecule has 0 amide bonds. The first-order valence-electron chi connectivity index (χ1n) is 6.37. The monoisotopic (exact) mass is 265 g/mol. The Morgan fingerprint density at radius 2 is 1.90 bits per heavy atom. The van der Waals surface area contributed by atoms with Gasteiger partial charge in [-0.3, -0.25) is 4.99 Å². The van der Waals surface area contributed by atoms with Gasteiger partial charge < -0.3 is 0 Å². The van der Waals surface area contributed by atoms with Gasteiger partial charge in [0.25, 0.3) is 0 Å². The molecule has 0 aliphatic rings. The molecule has 102 valence electrons. The van der Waals surface area contributed by atoms with Crippen LogP contribution >= 0.6 is 0 Å². The molecule has 0 saturated heterocycles. The minimum absolute atomic E-state index is 0.537. The van der Waals surface area contributed by atoms with Crippen molar-refractivity contribution < 1.29 is 0 Å². The zero-order valence-electron chi connectivity index (χ0n) is 11.8. The summed E-state index contributed by atoms with van der Waals surface area (Å²) >= 11 is 0. The summed E-state index contributed by atoms with van der Waals surface area (Å²) in [5.74, 6) is 1.11. The molecule has 0 fully saturated rings. The van der Waals surface area contributed by atoms with Gasteiger partial charge in [-0.15, -0.1) is 0 Å². The van der Waals surface area contributed by atoms with E-state index in [4.69, 9.17) is 0 Å². The normalized spacial score (nSPS) is 12.9. The first-order chi connectivity index (χ1) is 9.76. The summed E-state index contributed by atoms with van der Waals surface area (Å²) in [7, 11) is 0. The van der Waals surface area contributed by atoms with Gasteiger partial charge in [-0.25, -0.2) is 9.98 Å². The molecule has 0 N–H and O–H groups in total. The summed E-state index contributed by atoms with van der Waals surface area (Å²) < 4.78 is 0. The predicted octanol–water partition coefficient (Wildman–Crippen LogP) is 3.85. The molecular formula is C17H19N3. The van der Waals surface area contributed by atoms with E-state index in [9.17, 15) is 0 Å². The lowest BCUT2D eigenvalue weighted by Crippen LogP contribution is -2.05. The molecule has 0 heterocycles. The summed E-state index contributed by atoms with van der Waals surface area (Å²) in [6.07, 6.45) is 5.20. The van der Waals surface area contributed by atoms with Crippen LogP contribution in [0.1, 0.15) is 12.5 Å². The second-order valence-corrected chi connectivity index (χ2v) is 3.82. The predicted molar refractivity (Wildman–Crippen MR) is 89.0 cm³/mol. The molecule has 0 unspecified atom stereocenters. The maximum atomic E-state index is 4.49. The molecule has 0 bridgehead atoms. The molecule has 0 aromatic heterocycles. The lowest BCUT2D eigenvalue weighted by Gasteiger charge is -2.04. The van der Waals surface area contributed by atoms with E-state index in [-0.39, 0.29) is 0 Å². The van der Waals surface area contributed by atoms with Gasteiger partial charge in [-0.1, -0.05) is 61.7 Å². The van der Waals surface area contributed by atoms with Crippen LogP contribution in [0.4, 0.5) is 0 Å². The minimum Gasteiger partial charge on any atom is -0.266 e. The summed E-state index contributed by atoms with van der Waals surface area (Å²) in [6, 6.07) is 9.67. The number of aliphatic imine (C=N–C) groups is 3. The number of hydrogen-bond acceptors (Lipinski definition) is 1. The third-order valence-corrected chi connectivity index (χ3v) is 2.48. The van der Waals surface area contributed by atoms with Crippen molar-refractivity contribution in [1.82, 2.24) is 0 Å². The molecule has 1 aromatic rings. The van der Waals surface area contributed by atoms with Crippen LogP contribution in [0.2, 0.25) is 0 Å². The number of benzene rings is 1. The molecular weight excluding hydrogens is 246 g/mol. The standard InChI is InChI=1S/C17H19N3/c1-5-11-14(6-2)17(19-7-3)20-16(18-4)15-12-9-8-10-13-15/h5-6,8-13H,1-2,4,7H2,3H3/b14-11+,19-17?,20-16?. The van der Waals surface area contributed by atoms with Crippen LogP contribution in [0.15, 0.2) is 82.3 Å². The second kappa shape index (κ2) is 8.53. The number of hydrogen-bond donors (Lipinski definition) is 0. The largest absolute Gasteiger partial charge is 0.266 e. The smallest absolute Gasteiger partial charge is 0.161 e. The van der Waals surface area contributed by atoms with Crippen molar-refractivity contribution in [2.75, 3.05) is 6.54 Å². The van der Waals surface area contributed by atoms with E-state index < -0.39 is 0 Å². The molecule has 0 saturated carbocycles. The van der Waals surface area contributed by atoms with Crippen molar-refractivity contribution >= 4 is 18.4 Å². The van der Waals surface area contributed by atoms with Crippen LogP contribution in [-0.4, -0.2) is 24.9 Å². The highest BCUT2D eigenvalue weighted by molar-refractivity contribution is 6.13. The Labute approximate surface area is 120 Å². The van der Waals surface area contributed by atoms with E-state index >= 15 is 0 Å². The van der Waals surface area contributed by atoms with Crippen molar-refractivity contribution in [2.24, 2.45) is 15.0 Å². The van der Waals surface area contributed by atoms with Crippen LogP contribution < -0.4 is 0 Å². The highest BCUT2D eigenvalue weighted by Gasteiger charge is 2.05. The van der Waals surface area contributed by atoms with E-state index in [0.29, 0.717) is 18.2 Å². The minimum atomic E-state index is 0.537. The average molecular weight is 265 g/mol. The third kappa shape index (κ3) is 4.28. The van der Waals surface area contributed by atoms with Gasteiger partial charge in [0.1, 0.15) is 0 Å². The van der Waals surface area contributed by atoms with Crippen molar-refractivity contribution in [3.05, 3.63) is 72.9 Å². The maximum Gasteiger partial charge on any atom is 0.161 e. The summed E-state index contributed by atoms with van der Waals surface area (Å²) in [5.41, 5.74) is 1.70. The van der Waals surface area contributed by atoms with E-state index in [1.165, 1.54) is 0 Å². The molecule has 3 nitrogen and oxygen atoms in total. The van der Waals surface area contributed by atoms with Crippen molar-refractivity contribution in [3.63, 3.8) is 0 Å². The fourth-order valence-electron chi connectivity index (χ4n) is 1.58. The molecule has 0 radical (unpaired) electrons. The fourth-order valence-corrected chi connectivity index (χ4v) is 1.58. The second-order valence-electron chi connectivity index (χ2n) is 3.82. The van der Waals surface area contributed by atoms with Crippen LogP contribution in [-0.2, 0) is 0 Å². The van der Waals surface area contributed by atoms with E-state index in [0.717, 1.165) is 11.1 Å². The Morgan fingerprint density at radius 3 is 2.40 bits per heavy atom. The summed E-state index contributed by atoms with van der Waals surface area (Å²) in [4.78, 5) is 12.9. The zero-order chi connectivity index (χ0) is 14.8. The van der Waals surface area contributed by atoms with Crippen molar-refractivity contribution in [3.8, 4) is 0 Å². The lowest BCUT2D eigenvalue weighted by molar-refractivity contribution is 1.12. The fraction of sp³-hybridized carbons (Fsp3) is 0.118. The Hall–Kier alpha value is -2.55. The quantitative estimate of drug-likeness (QED) is 0.440.